The second kappa shape index (κ2) is 5.31. The molecule has 0 aliphatic rings. The Hall–Kier alpha value is -1.17. The van der Waals surface area contributed by atoms with Gasteiger partial charge in [-0.1, -0.05) is 34.8 Å². The molecule has 0 spiro atoms. The van der Waals surface area contributed by atoms with Crippen molar-refractivity contribution in [3.63, 3.8) is 0 Å². The first-order valence-electron chi connectivity index (χ1n) is 5.18. The molecule has 0 saturated heterocycles. The molecule has 106 valence electrons. The third-order valence-corrected chi connectivity index (χ3v) is 3.68. The van der Waals surface area contributed by atoms with E-state index in [9.17, 15) is 13.2 Å². The number of nitrogens with zero attached hydrogens (tertiary/aromatic N) is 1. The lowest BCUT2D eigenvalue weighted by Gasteiger charge is -2.13. The number of aromatic nitrogens is 1. The van der Waals surface area contributed by atoms with Crippen molar-refractivity contribution in [1.29, 1.82) is 0 Å². The number of nitrogens with two attached hydrogens (primary N) is 1. The van der Waals surface area contributed by atoms with E-state index in [0.717, 1.165) is 12.3 Å². The molecule has 0 fully saturated rings. The van der Waals surface area contributed by atoms with Gasteiger partial charge in [-0.15, -0.1) is 0 Å². The van der Waals surface area contributed by atoms with Gasteiger partial charge in [0.25, 0.3) is 0 Å². The lowest BCUT2D eigenvalue weighted by Crippen LogP contribution is -2.10. The van der Waals surface area contributed by atoms with Crippen LogP contribution in [0.2, 0.25) is 15.1 Å². The number of hydrogen-bond donors (Lipinski definition) is 1. The van der Waals surface area contributed by atoms with Crippen LogP contribution in [0.5, 0.6) is 0 Å². The minimum atomic E-state index is -4.62. The molecule has 0 atom stereocenters. The van der Waals surface area contributed by atoms with Crippen molar-refractivity contribution in [2.45, 2.75) is 6.18 Å². The fraction of sp³-hybridized carbons (Fsp3) is 0.0833. The van der Waals surface area contributed by atoms with Crippen LogP contribution >= 0.6 is 34.8 Å². The number of pyridine rings is 1. The van der Waals surface area contributed by atoms with E-state index >= 15 is 0 Å². The van der Waals surface area contributed by atoms with Gasteiger partial charge in [0.15, 0.2) is 0 Å². The molecular weight excluding hydrogens is 335 g/mol. The first-order valence-corrected chi connectivity index (χ1v) is 6.31. The number of benzene rings is 1. The molecule has 2 nitrogen and oxygen atoms in total. The van der Waals surface area contributed by atoms with Crippen molar-refractivity contribution in [2.75, 3.05) is 5.73 Å². The Balaban J connectivity index is 2.69. The smallest absolute Gasteiger partial charge is 0.383 e. The largest absolute Gasteiger partial charge is 0.419 e. The highest BCUT2D eigenvalue weighted by Gasteiger charge is 2.34. The fourth-order valence-corrected chi connectivity index (χ4v) is 2.38. The minimum Gasteiger partial charge on any atom is -0.383 e. The number of rotatable bonds is 1. The normalized spacial score (nSPS) is 11.7. The maximum absolute atomic E-state index is 12.8. The number of nitrogen functional groups attached to an aromatic ring is 1. The molecule has 2 N–H and O–H groups in total. The molecule has 0 bridgehead atoms. The van der Waals surface area contributed by atoms with Gasteiger partial charge in [-0.25, -0.2) is 4.98 Å². The van der Waals surface area contributed by atoms with Gasteiger partial charge in [0.05, 0.1) is 20.6 Å². The van der Waals surface area contributed by atoms with E-state index in [1.807, 2.05) is 0 Å². The van der Waals surface area contributed by atoms with E-state index in [4.69, 9.17) is 40.5 Å². The van der Waals surface area contributed by atoms with E-state index in [0.29, 0.717) is 0 Å². The zero-order valence-corrected chi connectivity index (χ0v) is 11.9. The summed E-state index contributed by atoms with van der Waals surface area (Å²) in [5.41, 5.74) is 4.45. The zero-order valence-electron chi connectivity index (χ0n) is 9.60. The maximum Gasteiger partial charge on any atom is 0.419 e. The molecular formula is C12H6Cl3F3N2. The van der Waals surface area contributed by atoms with Crippen LogP contribution in [0.25, 0.3) is 11.1 Å². The first-order chi connectivity index (χ1) is 9.21. The van der Waals surface area contributed by atoms with Crippen molar-refractivity contribution in [3.8, 4) is 11.1 Å². The quantitative estimate of drug-likeness (QED) is 0.714. The summed E-state index contributed by atoms with van der Waals surface area (Å²) < 4.78 is 38.4. The Kier molecular flexibility index (Phi) is 4.04. The summed E-state index contributed by atoms with van der Waals surface area (Å²) in [6.07, 6.45) is -3.46. The average Bonchev–Trinajstić information content (AvgIpc) is 2.35. The molecule has 1 aromatic heterocycles. The van der Waals surface area contributed by atoms with E-state index in [1.165, 1.54) is 12.1 Å². The molecule has 0 unspecified atom stereocenters. The van der Waals surface area contributed by atoms with E-state index in [1.54, 1.807) is 0 Å². The fourth-order valence-electron chi connectivity index (χ4n) is 1.63. The summed E-state index contributed by atoms with van der Waals surface area (Å²) >= 11 is 17.8. The maximum atomic E-state index is 12.8. The highest BCUT2D eigenvalue weighted by molar-refractivity contribution is 6.46. The Morgan fingerprint density at radius 3 is 2.25 bits per heavy atom. The van der Waals surface area contributed by atoms with E-state index < -0.39 is 17.6 Å². The number of alkyl halides is 3. The zero-order chi connectivity index (χ0) is 15.1. The first kappa shape index (κ1) is 15.2. The average molecular weight is 342 g/mol. The van der Waals surface area contributed by atoms with Crippen molar-refractivity contribution in [2.24, 2.45) is 0 Å². The van der Waals surface area contributed by atoms with Crippen LogP contribution in [0.4, 0.5) is 19.0 Å². The van der Waals surface area contributed by atoms with Gasteiger partial charge >= 0.3 is 6.18 Å². The van der Waals surface area contributed by atoms with Crippen LogP contribution in [0.15, 0.2) is 24.4 Å². The molecule has 2 aromatic rings. The van der Waals surface area contributed by atoms with Gasteiger partial charge < -0.3 is 5.73 Å². The van der Waals surface area contributed by atoms with Crippen LogP contribution in [-0.4, -0.2) is 4.98 Å². The van der Waals surface area contributed by atoms with E-state index in [-0.39, 0.29) is 26.2 Å². The molecule has 0 aliphatic heterocycles. The summed E-state index contributed by atoms with van der Waals surface area (Å²) in [5, 5.41) is 0.398. The molecule has 0 aliphatic carbocycles. The van der Waals surface area contributed by atoms with E-state index in [2.05, 4.69) is 4.98 Å². The van der Waals surface area contributed by atoms with Crippen molar-refractivity contribution < 1.29 is 13.2 Å². The standard InChI is InChI=1S/C12H6Cl3F3N2/c13-7-1-2-8(14)10(15)9(7)5-3-6(12(16,17)18)11(19)20-4-5/h1-4H,(H2,19,20). The molecule has 1 aromatic carbocycles. The van der Waals surface area contributed by atoms with Crippen LogP contribution in [0, 0.1) is 0 Å². The minimum absolute atomic E-state index is 0.0545. The van der Waals surface area contributed by atoms with Crippen LogP contribution < -0.4 is 5.73 Å². The van der Waals surface area contributed by atoms with Crippen molar-refractivity contribution in [3.05, 3.63) is 45.0 Å². The van der Waals surface area contributed by atoms with Crippen LogP contribution in [0.3, 0.4) is 0 Å². The molecule has 0 radical (unpaired) electrons. The van der Waals surface area contributed by atoms with Gasteiger partial charge in [-0.2, -0.15) is 13.2 Å². The molecule has 1 heterocycles. The predicted molar refractivity (Wildman–Crippen MR) is 74.1 cm³/mol. The number of halogens is 6. The molecule has 2 rings (SSSR count). The topological polar surface area (TPSA) is 38.9 Å². The highest BCUT2D eigenvalue weighted by atomic mass is 35.5. The van der Waals surface area contributed by atoms with Gasteiger partial charge in [0.1, 0.15) is 5.82 Å². The monoisotopic (exact) mass is 340 g/mol. The summed E-state index contributed by atoms with van der Waals surface area (Å²) in [4.78, 5) is 3.53. The highest BCUT2D eigenvalue weighted by Crippen LogP contribution is 2.41. The van der Waals surface area contributed by atoms with Crippen LogP contribution in [0.1, 0.15) is 5.56 Å². The Bertz CT molecular complexity index is 672. The van der Waals surface area contributed by atoms with Gasteiger partial charge in [0, 0.05) is 17.3 Å². The van der Waals surface area contributed by atoms with Gasteiger partial charge in [-0.3, -0.25) is 0 Å². The number of anilines is 1. The second-order valence-corrected chi connectivity index (χ2v) is 5.07. The molecule has 20 heavy (non-hydrogen) atoms. The summed E-state index contributed by atoms with van der Waals surface area (Å²) in [6.45, 7) is 0. The predicted octanol–water partition coefficient (Wildman–Crippen LogP) is 5.31. The Morgan fingerprint density at radius 2 is 1.65 bits per heavy atom. The molecule has 8 heteroatoms. The van der Waals surface area contributed by atoms with Crippen molar-refractivity contribution >= 4 is 40.6 Å². The third kappa shape index (κ3) is 2.80. The van der Waals surface area contributed by atoms with Crippen LogP contribution in [-0.2, 0) is 6.18 Å². The lowest BCUT2D eigenvalue weighted by atomic mass is 10.0. The number of hydrogen-bond acceptors (Lipinski definition) is 2. The van der Waals surface area contributed by atoms with Gasteiger partial charge in [-0.05, 0) is 18.2 Å². The second-order valence-electron chi connectivity index (χ2n) is 3.87. The third-order valence-electron chi connectivity index (χ3n) is 2.56. The summed E-state index contributed by atoms with van der Waals surface area (Å²) in [7, 11) is 0. The lowest BCUT2D eigenvalue weighted by molar-refractivity contribution is -0.137. The summed E-state index contributed by atoms with van der Waals surface area (Å²) in [6, 6.07) is 3.73. The Labute approximate surface area is 127 Å². The molecule has 0 amide bonds. The SMILES string of the molecule is Nc1ncc(-c2c(Cl)ccc(Cl)c2Cl)cc1C(F)(F)F. The summed E-state index contributed by atoms with van der Waals surface area (Å²) in [5.74, 6) is -0.615. The van der Waals surface area contributed by atoms with Crippen molar-refractivity contribution in [1.82, 2.24) is 4.98 Å². The Morgan fingerprint density at radius 1 is 1.05 bits per heavy atom. The molecule has 0 saturated carbocycles. The van der Waals surface area contributed by atoms with Gasteiger partial charge in [0.2, 0.25) is 0 Å².